The summed E-state index contributed by atoms with van der Waals surface area (Å²) in [5, 5.41) is 4.73. The first-order valence-corrected chi connectivity index (χ1v) is 6.17. The number of fused-ring (bicyclic) bond motifs is 1. The largest absolute Gasteiger partial charge is 0.304 e. The van der Waals surface area contributed by atoms with E-state index >= 15 is 0 Å². The zero-order chi connectivity index (χ0) is 11.9. The van der Waals surface area contributed by atoms with E-state index in [1.807, 2.05) is 0 Å². The van der Waals surface area contributed by atoms with Crippen molar-refractivity contribution < 1.29 is 0 Å². The van der Waals surface area contributed by atoms with Gasteiger partial charge in [0, 0.05) is 24.2 Å². The Morgan fingerprint density at radius 3 is 2.62 bits per heavy atom. The van der Waals surface area contributed by atoms with Gasteiger partial charge in [-0.15, -0.1) is 0 Å². The highest BCUT2D eigenvalue weighted by molar-refractivity contribution is 5.22. The van der Waals surface area contributed by atoms with Crippen molar-refractivity contribution >= 4 is 0 Å². The number of aromatic nitrogens is 2. The first-order chi connectivity index (χ1) is 7.40. The summed E-state index contributed by atoms with van der Waals surface area (Å²) in [5.41, 5.74) is 2.82. The summed E-state index contributed by atoms with van der Waals surface area (Å²) in [7, 11) is 2.19. The van der Waals surface area contributed by atoms with Gasteiger partial charge in [-0.2, -0.15) is 5.10 Å². The summed E-state index contributed by atoms with van der Waals surface area (Å²) < 4.78 is 2.21. The third-order valence-corrected chi connectivity index (χ3v) is 3.44. The molecule has 2 heterocycles. The Hall–Kier alpha value is -0.830. The molecule has 0 bridgehead atoms. The van der Waals surface area contributed by atoms with Crippen molar-refractivity contribution in [3.05, 3.63) is 17.5 Å². The topological polar surface area (TPSA) is 21.1 Å². The van der Waals surface area contributed by atoms with Gasteiger partial charge in [-0.05, 0) is 19.0 Å². The summed E-state index contributed by atoms with van der Waals surface area (Å²) in [6.45, 7) is 12.3. The summed E-state index contributed by atoms with van der Waals surface area (Å²) in [5.74, 6) is 0.521. The molecule has 3 heteroatoms. The van der Waals surface area contributed by atoms with Crippen molar-refractivity contribution in [3.63, 3.8) is 0 Å². The third-order valence-electron chi connectivity index (χ3n) is 3.44. The minimum absolute atomic E-state index is 0.200. The van der Waals surface area contributed by atoms with Gasteiger partial charge in [0.1, 0.15) is 0 Å². The van der Waals surface area contributed by atoms with Crippen LogP contribution in [0.1, 0.15) is 45.0 Å². The molecule has 0 aromatic carbocycles. The molecule has 0 fully saturated rings. The molecule has 1 aromatic rings. The molecule has 1 aliphatic heterocycles. The second-order valence-corrected chi connectivity index (χ2v) is 5.95. The quantitative estimate of drug-likeness (QED) is 0.725. The van der Waals surface area contributed by atoms with E-state index in [0.717, 1.165) is 19.6 Å². The molecule has 0 unspecified atom stereocenters. The van der Waals surface area contributed by atoms with Gasteiger partial charge < -0.3 is 4.90 Å². The van der Waals surface area contributed by atoms with Crippen LogP contribution in [-0.2, 0) is 12.0 Å². The molecule has 0 saturated heterocycles. The molecule has 0 saturated carbocycles. The first kappa shape index (κ1) is 11.6. The molecule has 90 valence electrons. The molecule has 2 rings (SSSR count). The van der Waals surface area contributed by atoms with Crippen molar-refractivity contribution in [1.82, 2.24) is 14.7 Å². The fourth-order valence-electron chi connectivity index (χ4n) is 2.53. The van der Waals surface area contributed by atoms with Crippen LogP contribution in [0.25, 0.3) is 0 Å². The van der Waals surface area contributed by atoms with E-state index in [2.05, 4.69) is 50.4 Å². The lowest BCUT2D eigenvalue weighted by Gasteiger charge is -2.26. The first-order valence-electron chi connectivity index (χ1n) is 6.17. The van der Waals surface area contributed by atoms with Gasteiger partial charge in [0.15, 0.2) is 0 Å². The van der Waals surface area contributed by atoms with Crippen LogP contribution in [-0.4, -0.2) is 34.8 Å². The molecule has 0 N–H and O–H groups in total. The van der Waals surface area contributed by atoms with Gasteiger partial charge in [-0.25, -0.2) is 0 Å². The lowest BCUT2D eigenvalue weighted by molar-refractivity contribution is 0.281. The zero-order valence-electron chi connectivity index (χ0n) is 11.1. The van der Waals surface area contributed by atoms with E-state index in [1.54, 1.807) is 0 Å². The number of likely N-dealkylation sites (N-methyl/N-ethyl adjacent to an activating group) is 1. The number of rotatable bonds is 1. The van der Waals surface area contributed by atoms with Crippen LogP contribution in [0.4, 0.5) is 0 Å². The standard InChI is InChI=1S/C13H23N3/c1-10(2)11-8-12-13(3,4)9-15(5)6-7-16(12)14-11/h8,10H,6-7,9H2,1-5H3. The van der Waals surface area contributed by atoms with Crippen molar-refractivity contribution in [2.24, 2.45) is 0 Å². The maximum atomic E-state index is 4.73. The molecule has 16 heavy (non-hydrogen) atoms. The SMILES string of the molecule is CC(C)c1cc2n(n1)CCN(C)CC2(C)C. The highest BCUT2D eigenvalue weighted by Gasteiger charge is 2.30. The lowest BCUT2D eigenvalue weighted by Crippen LogP contribution is -2.33. The predicted molar refractivity (Wildman–Crippen MR) is 66.8 cm³/mol. The van der Waals surface area contributed by atoms with Gasteiger partial charge in [0.25, 0.3) is 0 Å². The lowest BCUT2D eigenvalue weighted by atomic mass is 9.88. The van der Waals surface area contributed by atoms with Gasteiger partial charge >= 0.3 is 0 Å². The second-order valence-electron chi connectivity index (χ2n) is 5.95. The molecule has 0 amide bonds. The molecule has 0 spiro atoms. The van der Waals surface area contributed by atoms with E-state index in [-0.39, 0.29) is 5.41 Å². The maximum Gasteiger partial charge on any atom is 0.0653 e. The molecule has 1 aromatic heterocycles. The van der Waals surface area contributed by atoms with E-state index in [4.69, 9.17) is 5.10 Å². The number of nitrogens with zero attached hydrogens (tertiary/aromatic N) is 3. The summed E-state index contributed by atoms with van der Waals surface area (Å²) in [4.78, 5) is 2.39. The summed E-state index contributed by atoms with van der Waals surface area (Å²) >= 11 is 0. The second kappa shape index (κ2) is 3.88. The smallest absolute Gasteiger partial charge is 0.0653 e. The highest BCUT2D eigenvalue weighted by Crippen LogP contribution is 2.28. The van der Waals surface area contributed by atoms with Crippen molar-refractivity contribution in [2.45, 2.75) is 45.6 Å². The van der Waals surface area contributed by atoms with Crippen molar-refractivity contribution in [3.8, 4) is 0 Å². The summed E-state index contributed by atoms with van der Waals surface area (Å²) in [6, 6.07) is 2.30. The van der Waals surface area contributed by atoms with Crippen LogP contribution < -0.4 is 0 Å². The Labute approximate surface area is 98.4 Å². The van der Waals surface area contributed by atoms with Crippen molar-refractivity contribution in [1.29, 1.82) is 0 Å². The molecule has 0 radical (unpaired) electrons. The van der Waals surface area contributed by atoms with Crippen LogP contribution in [0.2, 0.25) is 0 Å². The predicted octanol–water partition coefficient (Wildman–Crippen LogP) is 2.23. The zero-order valence-corrected chi connectivity index (χ0v) is 11.1. The van der Waals surface area contributed by atoms with Crippen molar-refractivity contribution in [2.75, 3.05) is 20.1 Å². The fraction of sp³-hybridized carbons (Fsp3) is 0.769. The average molecular weight is 221 g/mol. The molecule has 0 atom stereocenters. The normalized spacial score (nSPS) is 20.9. The molecule has 0 aliphatic carbocycles. The molecular weight excluding hydrogens is 198 g/mol. The van der Waals surface area contributed by atoms with E-state index in [9.17, 15) is 0 Å². The van der Waals surface area contributed by atoms with Gasteiger partial charge in [0.2, 0.25) is 0 Å². The Kier molecular flexibility index (Phi) is 2.82. The van der Waals surface area contributed by atoms with Crippen LogP contribution >= 0.6 is 0 Å². The van der Waals surface area contributed by atoms with Gasteiger partial charge in [0.05, 0.1) is 12.2 Å². The van der Waals surface area contributed by atoms with Crippen LogP contribution in [0.15, 0.2) is 6.07 Å². The maximum absolute atomic E-state index is 4.73. The minimum Gasteiger partial charge on any atom is -0.304 e. The monoisotopic (exact) mass is 221 g/mol. The Bertz CT molecular complexity index is 377. The Morgan fingerprint density at radius 1 is 1.31 bits per heavy atom. The van der Waals surface area contributed by atoms with Gasteiger partial charge in [-0.1, -0.05) is 27.7 Å². The van der Waals surface area contributed by atoms with E-state index in [1.165, 1.54) is 11.4 Å². The summed E-state index contributed by atoms with van der Waals surface area (Å²) in [6.07, 6.45) is 0. The van der Waals surface area contributed by atoms with Crippen LogP contribution in [0, 0.1) is 0 Å². The Balaban J connectivity index is 2.41. The van der Waals surface area contributed by atoms with Crippen LogP contribution in [0.3, 0.4) is 0 Å². The highest BCUT2D eigenvalue weighted by atomic mass is 15.3. The minimum atomic E-state index is 0.200. The van der Waals surface area contributed by atoms with Gasteiger partial charge in [-0.3, -0.25) is 4.68 Å². The van der Waals surface area contributed by atoms with E-state index < -0.39 is 0 Å². The average Bonchev–Trinajstić information content (AvgIpc) is 2.54. The number of hydrogen-bond donors (Lipinski definition) is 0. The molecule has 1 aliphatic rings. The molecule has 3 nitrogen and oxygen atoms in total. The number of hydrogen-bond acceptors (Lipinski definition) is 2. The third kappa shape index (κ3) is 2.01. The Morgan fingerprint density at radius 2 is 2.00 bits per heavy atom. The van der Waals surface area contributed by atoms with E-state index in [0.29, 0.717) is 5.92 Å². The van der Waals surface area contributed by atoms with Crippen LogP contribution in [0.5, 0.6) is 0 Å². The molecular formula is C13H23N3. The fourth-order valence-corrected chi connectivity index (χ4v) is 2.53.